The van der Waals surface area contributed by atoms with Gasteiger partial charge in [-0.05, 0) is 34.6 Å². The Kier molecular flexibility index (Phi) is 3.91. The molecule has 0 aromatic rings. The normalized spacial score (nSPS) is 12.8. The van der Waals surface area contributed by atoms with Gasteiger partial charge in [0, 0.05) is 7.05 Å². The van der Waals surface area contributed by atoms with Gasteiger partial charge in [-0.2, -0.15) is 0 Å². The number of carbonyl (C=O) groups is 1. The number of rotatable bonds is 3. The molecule has 0 fully saturated rings. The van der Waals surface area contributed by atoms with E-state index in [1.165, 1.54) is 0 Å². The quantitative estimate of drug-likeness (QED) is 0.728. The first-order valence-corrected chi connectivity index (χ1v) is 4.55. The largest absolute Gasteiger partial charge is 0.375 e. The van der Waals surface area contributed by atoms with E-state index in [1.54, 1.807) is 7.05 Å². The van der Waals surface area contributed by atoms with Crippen LogP contribution in [0.5, 0.6) is 0 Å². The summed E-state index contributed by atoms with van der Waals surface area (Å²) in [6, 6.07) is 0. The van der Waals surface area contributed by atoms with Crippen molar-refractivity contribution in [3.05, 3.63) is 0 Å². The lowest BCUT2D eigenvalue weighted by Crippen LogP contribution is -2.40. The number of nitrogens with one attached hydrogen (secondary N) is 1. The molecule has 0 aliphatic carbocycles. The number of amides is 1. The van der Waals surface area contributed by atoms with E-state index in [9.17, 15) is 4.79 Å². The number of carbonyl (C=O) groups excluding carboxylic acids is 1. The first-order valence-electron chi connectivity index (χ1n) is 4.55. The summed E-state index contributed by atoms with van der Waals surface area (Å²) in [7, 11) is 1.64. The van der Waals surface area contributed by atoms with Crippen LogP contribution >= 0.6 is 0 Å². The van der Waals surface area contributed by atoms with E-state index >= 15 is 0 Å². The maximum absolute atomic E-state index is 11.4. The highest BCUT2D eigenvalue weighted by Crippen LogP contribution is 2.19. The van der Waals surface area contributed by atoms with Crippen LogP contribution in [0.25, 0.3) is 0 Å². The maximum Gasteiger partial charge on any atom is 0.227 e. The first kappa shape index (κ1) is 12.4. The molecular formula is C10H21NO2. The SMILES string of the molecule is CNC(=O)C(C)(C)COC(C)(C)C. The Morgan fingerprint density at radius 1 is 1.23 bits per heavy atom. The highest BCUT2D eigenvalue weighted by molar-refractivity contribution is 5.81. The fourth-order valence-corrected chi connectivity index (χ4v) is 0.801. The predicted molar refractivity (Wildman–Crippen MR) is 53.6 cm³/mol. The van der Waals surface area contributed by atoms with Gasteiger partial charge in [-0.3, -0.25) is 4.79 Å². The standard InChI is InChI=1S/C10H21NO2/c1-9(2,3)13-7-10(4,5)8(12)11-6/h7H2,1-6H3,(H,11,12). The summed E-state index contributed by atoms with van der Waals surface area (Å²) in [6.45, 7) is 10.1. The number of ether oxygens (including phenoxy) is 1. The molecule has 0 saturated heterocycles. The van der Waals surface area contributed by atoms with Gasteiger partial charge in [-0.25, -0.2) is 0 Å². The van der Waals surface area contributed by atoms with Crippen LogP contribution in [0.15, 0.2) is 0 Å². The van der Waals surface area contributed by atoms with Crippen molar-refractivity contribution in [2.45, 2.75) is 40.2 Å². The molecule has 3 heteroatoms. The van der Waals surface area contributed by atoms with Crippen molar-refractivity contribution in [3.63, 3.8) is 0 Å². The van der Waals surface area contributed by atoms with Crippen molar-refractivity contribution >= 4 is 5.91 Å². The molecule has 0 aliphatic heterocycles. The van der Waals surface area contributed by atoms with Gasteiger partial charge in [0.25, 0.3) is 0 Å². The van der Waals surface area contributed by atoms with Crippen LogP contribution in [0.1, 0.15) is 34.6 Å². The van der Waals surface area contributed by atoms with Gasteiger partial charge < -0.3 is 10.1 Å². The van der Waals surface area contributed by atoms with Crippen molar-refractivity contribution in [2.24, 2.45) is 5.41 Å². The molecule has 1 N–H and O–H groups in total. The lowest BCUT2D eigenvalue weighted by Gasteiger charge is -2.28. The fourth-order valence-electron chi connectivity index (χ4n) is 0.801. The monoisotopic (exact) mass is 187 g/mol. The third kappa shape index (κ3) is 4.88. The van der Waals surface area contributed by atoms with E-state index in [1.807, 2.05) is 34.6 Å². The lowest BCUT2D eigenvalue weighted by molar-refractivity contribution is -0.135. The summed E-state index contributed by atoms with van der Waals surface area (Å²) < 4.78 is 5.56. The van der Waals surface area contributed by atoms with Gasteiger partial charge >= 0.3 is 0 Å². The van der Waals surface area contributed by atoms with Gasteiger partial charge in [0.15, 0.2) is 0 Å². The Morgan fingerprint density at radius 2 is 1.69 bits per heavy atom. The molecule has 0 heterocycles. The van der Waals surface area contributed by atoms with Crippen LogP contribution in [0.3, 0.4) is 0 Å². The molecule has 78 valence electrons. The minimum Gasteiger partial charge on any atom is -0.375 e. The van der Waals surface area contributed by atoms with Gasteiger partial charge in [0.1, 0.15) is 0 Å². The Morgan fingerprint density at radius 3 is 2.00 bits per heavy atom. The molecule has 0 aromatic heterocycles. The average Bonchev–Trinajstić information content (AvgIpc) is 1.98. The Hall–Kier alpha value is -0.570. The molecule has 1 amide bonds. The highest BCUT2D eigenvalue weighted by atomic mass is 16.5. The van der Waals surface area contributed by atoms with E-state index in [2.05, 4.69) is 5.32 Å². The van der Waals surface area contributed by atoms with Crippen molar-refractivity contribution < 1.29 is 9.53 Å². The zero-order valence-electron chi connectivity index (χ0n) is 9.52. The van der Waals surface area contributed by atoms with E-state index in [4.69, 9.17) is 4.74 Å². The zero-order valence-corrected chi connectivity index (χ0v) is 9.52. The summed E-state index contributed by atoms with van der Waals surface area (Å²) >= 11 is 0. The summed E-state index contributed by atoms with van der Waals surface area (Å²) in [5.41, 5.74) is -0.646. The summed E-state index contributed by atoms with van der Waals surface area (Å²) in [4.78, 5) is 11.4. The van der Waals surface area contributed by atoms with E-state index in [-0.39, 0.29) is 11.5 Å². The average molecular weight is 187 g/mol. The molecule has 0 spiro atoms. The highest BCUT2D eigenvalue weighted by Gasteiger charge is 2.28. The summed E-state index contributed by atoms with van der Waals surface area (Å²) in [5, 5.41) is 2.62. The molecule has 0 aromatic carbocycles. The maximum atomic E-state index is 11.4. The lowest BCUT2D eigenvalue weighted by atomic mass is 9.93. The topological polar surface area (TPSA) is 38.3 Å². The smallest absolute Gasteiger partial charge is 0.227 e. The molecule has 0 aliphatic rings. The Labute approximate surface area is 80.8 Å². The summed E-state index contributed by atoms with van der Waals surface area (Å²) in [5.74, 6) is 0.0109. The Bertz CT molecular complexity index is 180. The molecular weight excluding hydrogens is 166 g/mol. The second-order valence-electron chi connectivity index (χ2n) is 4.86. The van der Waals surface area contributed by atoms with Gasteiger partial charge in [0.05, 0.1) is 17.6 Å². The molecule has 0 saturated carbocycles. The van der Waals surface area contributed by atoms with Gasteiger partial charge in [0.2, 0.25) is 5.91 Å². The van der Waals surface area contributed by atoms with E-state index < -0.39 is 5.41 Å². The van der Waals surface area contributed by atoms with Crippen molar-refractivity contribution in [1.82, 2.24) is 5.32 Å². The van der Waals surface area contributed by atoms with Gasteiger partial charge in [-0.15, -0.1) is 0 Å². The molecule has 13 heavy (non-hydrogen) atoms. The molecule has 0 bridgehead atoms. The van der Waals surface area contributed by atoms with Crippen molar-refractivity contribution in [2.75, 3.05) is 13.7 Å². The second kappa shape index (κ2) is 4.09. The predicted octanol–water partition coefficient (Wildman–Crippen LogP) is 1.57. The van der Waals surface area contributed by atoms with E-state index in [0.717, 1.165) is 0 Å². The van der Waals surface area contributed by atoms with Crippen LogP contribution in [-0.4, -0.2) is 25.2 Å². The van der Waals surface area contributed by atoms with Crippen molar-refractivity contribution in [1.29, 1.82) is 0 Å². The molecule has 0 rings (SSSR count). The Balaban J connectivity index is 4.11. The molecule has 0 radical (unpaired) electrons. The third-order valence-corrected chi connectivity index (χ3v) is 1.71. The van der Waals surface area contributed by atoms with Crippen LogP contribution in [0.2, 0.25) is 0 Å². The van der Waals surface area contributed by atoms with Crippen molar-refractivity contribution in [3.8, 4) is 0 Å². The number of hydrogen-bond donors (Lipinski definition) is 1. The minimum atomic E-state index is -0.456. The minimum absolute atomic E-state index is 0.0109. The molecule has 0 unspecified atom stereocenters. The van der Waals surface area contributed by atoms with Crippen LogP contribution in [0.4, 0.5) is 0 Å². The fraction of sp³-hybridized carbons (Fsp3) is 0.900. The second-order valence-corrected chi connectivity index (χ2v) is 4.86. The van der Waals surface area contributed by atoms with Crippen LogP contribution in [-0.2, 0) is 9.53 Å². The number of hydrogen-bond acceptors (Lipinski definition) is 2. The van der Waals surface area contributed by atoms with Gasteiger partial charge in [-0.1, -0.05) is 0 Å². The first-order chi connectivity index (χ1) is 5.69. The molecule has 3 nitrogen and oxygen atoms in total. The zero-order chi connectivity index (χ0) is 10.7. The van der Waals surface area contributed by atoms with E-state index in [0.29, 0.717) is 6.61 Å². The summed E-state index contributed by atoms with van der Waals surface area (Å²) in [6.07, 6.45) is 0. The molecule has 0 atom stereocenters. The third-order valence-electron chi connectivity index (χ3n) is 1.71. The van der Waals surface area contributed by atoms with Crippen LogP contribution in [0, 0.1) is 5.41 Å². The van der Waals surface area contributed by atoms with Crippen LogP contribution < -0.4 is 5.32 Å².